The van der Waals surface area contributed by atoms with Crippen molar-refractivity contribution in [3.05, 3.63) is 18.2 Å². The van der Waals surface area contributed by atoms with E-state index in [4.69, 9.17) is 15.2 Å². The largest absolute Gasteiger partial charge is 0.494 e. The zero-order valence-corrected chi connectivity index (χ0v) is 16.5. The molecule has 0 aromatic heterocycles. The number of nitrogens with two attached hydrogens (primary N) is 1. The number of ether oxygens (including phenoxy) is 2. The lowest BCUT2D eigenvalue weighted by Gasteiger charge is -2.30. The fourth-order valence-corrected chi connectivity index (χ4v) is 3.35. The molecule has 0 bridgehead atoms. The Labute approximate surface area is 157 Å². The number of aliphatic imine (C=N–C) groups is 1. The van der Waals surface area contributed by atoms with Crippen molar-refractivity contribution in [3.63, 3.8) is 0 Å². The molecule has 0 aliphatic heterocycles. The molecular formula is C20H34N4O2. The van der Waals surface area contributed by atoms with Gasteiger partial charge in [-0.3, -0.25) is 4.99 Å². The van der Waals surface area contributed by atoms with Crippen LogP contribution in [0.25, 0.3) is 0 Å². The Hall–Kier alpha value is -1.95. The average Bonchev–Trinajstić information content (AvgIpc) is 2.65. The molecule has 1 saturated carbocycles. The number of hydrogen-bond acceptors (Lipinski definition) is 4. The number of benzene rings is 1. The highest BCUT2D eigenvalue weighted by Gasteiger charge is 2.17. The number of hydrogen-bond donors (Lipinski definition) is 2. The third-order valence-electron chi connectivity index (χ3n) is 4.76. The minimum atomic E-state index is 0.400. The lowest BCUT2D eigenvalue weighted by atomic mass is 9.94. The predicted octanol–water partition coefficient (Wildman–Crippen LogP) is 3.48. The highest BCUT2D eigenvalue weighted by molar-refractivity contribution is 5.94. The molecular weight excluding hydrogens is 328 g/mol. The molecule has 3 N–H and O–H groups in total. The molecule has 6 heteroatoms. The maximum absolute atomic E-state index is 6.08. The number of nitrogens with zero attached hydrogens (tertiary/aromatic N) is 2. The van der Waals surface area contributed by atoms with E-state index in [9.17, 15) is 0 Å². The molecule has 0 radical (unpaired) electrons. The Bertz CT molecular complexity index is 571. The molecule has 0 amide bonds. The first-order valence-electron chi connectivity index (χ1n) is 9.80. The van der Waals surface area contributed by atoms with E-state index >= 15 is 0 Å². The molecule has 1 aromatic rings. The van der Waals surface area contributed by atoms with E-state index in [2.05, 4.69) is 22.3 Å². The van der Waals surface area contributed by atoms with Crippen LogP contribution >= 0.6 is 0 Å². The summed E-state index contributed by atoms with van der Waals surface area (Å²) in [6, 6.07) is 6.37. The SMILES string of the molecule is CCOc1ccc(OCC)c(NC(N)=NCCN(C)C2CCCCC2)c1. The standard InChI is InChI=1S/C20H34N4O2/c1-4-25-17-11-12-19(26-5-2)18(15-17)23-20(21)22-13-14-24(3)16-9-7-6-8-10-16/h11-12,15-16H,4-10,13-14H2,1-3H3,(H3,21,22,23). The first-order valence-corrected chi connectivity index (χ1v) is 9.80. The molecule has 1 fully saturated rings. The van der Waals surface area contributed by atoms with Gasteiger partial charge in [0.2, 0.25) is 0 Å². The van der Waals surface area contributed by atoms with Crippen LogP contribution in [0.15, 0.2) is 23.2 Å². The molecule has 26 heavy (non-hydrogen) atoms. The van der Waals surface area contributed by atoms with Gasteiger partial charge < -0.3 is 25.4 Å². The first-order chi connectivity index (χ1) is 12.6. The maximum atomic E-state index is 6.08. The van der Waals surface area contributed by atoms with Crippen molar-refractivity contribution in [2.75, 3.05) is 38.7 Å². The summed E-state index contributed by atoms with van der Waals surface area (Å²) in [5, 5.41) is 3.15. The lowest BCUT2D eigenvalue weighted by molar-refractivity contribution is 0.196. The molecule has 1 aliphatic carbocycles. The summed E-state index contributed by atoms with van der Waals surface area (Å²) in [6.45, 7) is 6.72. The van der Waals surface area contributed by atoms with E-state index < -0.39 is 0 Å². The third-order valence-corrected chi connectivity index (χ3v) is 4.76. The van der Waals surface area contributed by atoms with Crippen LogP contribution in [0.1, 0.15) is 46.0 Å². The molecule has 6 nitrogen and oxygen atoms in total. The minimum absolute atomic E-state index is 0.400. The second-order valence-electron chi connectivity index (χ2n) is 6.69. The number of likely N-dealkylation sites (N-methyl/N-ethyl adjacent to an activating group) is 1. The Morgan fingerprint density at radius 3 is 2.62 bits per heavy atom. The van der Waals surface area contributed by atoms with Crippen molar-refractivity contribution in [2.45, 2.75) is 52.0 Å². The van der Waals surface area contributed by atoms with Crippen LogP contribution in [0.2, 0.25) is 0 Å². The van der Waals surface area contributed by atoms with Crippen molar-refractivity contribution < 1.29 is 9.47 Å². The molecule has 146 valence electrons. The quantitative estimate of drug-likeness (QED) is 0.520. The zero-order chi connectivity index (χ0) is 18.8. The van der Waals surface area contributed by atoms with E-state index in [1.54, 1.807) is 0 Å². The second-order valence-corrected chi connectivity index (χ2v) is 6.69. The Morgan fingerprint density at radius 1 is 1.19 bits per heavy atom. The first kappa shape index (κ1) is 20.4. The fraction of sp³-hybridized carbons (Fsp3) is 0.650. The highest BCUT2D eigenvalue weighted by atomic mass is 16.5. The van der Waals surface area contributed by atoms with E-state index in [0.717, 1.165) is 23.7 Å². The van der Waals surface area contributed by atoms with Crippen LogP contribution in [-0.2, 0) is 0 Å². The van der Waals surface area contributed by atoms with Gasteiger partial charge in [-0.1, -0.05) is 19.3 Å². The van der Waals surface area contributed by atoms with E-state index in [0.29, 0.717) is 31.8 Å². The topological polar surface area (TPSA) is 72.1 Å². The number of guanidine groups is 1. The van der Waals surface area contributed by atoms with Crippen molar-refractivity contribution in [2.24, 2.45) is 10.7 Å². The molecule has 0 atom stereocenters. The molecule has 0 unspecified atom stereocenters. The van der Waals surface area contributed by atoms with Crippen molar-refractivity contribution in [1.82, 2.24) is 4.90 Å². The van der Waals surface area contributed by atoms with Crippen LogP contribution in [0.5, 0.6) is 11.5 Å². The third kappa shape index (κ3) is 6.41. The zero-order valence-electron chi connectivity index (χ0n) is 16.5. The number of rotatable bonds is 9. The Kier molecular flexibility index (Phi) is 8.54. The minimum Gasteiger partial charge on any atom is -0.494 e. The van der Waals surface area contributed by atoms with E-state index in [1.807, 2.05) is 32.0 Å². The summed E-state index contributed by atoms with van der Waals surface area (Å²) in [4.78, 5) is 6.89. The second kappa shape index (κ2) is 10.9. The van der Waals surface area contributed by atoms with Crippen LogP contribution in [-0.4, -0.2) is 50.3 Å². The van der Waals surface area contributed by atoms with Crippen LogP contribution in [0, 0.1) is 0 Å². The summed E-state index contributed by atoms with van der Waals surface area (Å²) < 4.78 is 11.2. The van der Waals surface area contributed by atoms with Gasteiger partial charge in [-0.25, -0.2) is 0 Å². The van der Waals surface area contributed by atoms with Gasteiger partial charge in [-0.15, -0.1) is 0 Å². The summed E-state index contributed by atoms with van der Waals surface area (Å²) in [6.07, 6.45) is 6.67. The van der Waals surface area contributed by atoms with Gasteiger partial charge in [-0.05, 0) is 45.9 Å². The number of anilines is 1. The molecule has 1 aromatic carbocycles. The fourth-order valence-electron chi connectivity index (χ4n) is 3.35. The van der Waals surface area contributed by atoms with E-state index in [-0.39, 0.29) is 0 Å². The van der Waals surface area contributed by atoms with Crippen molar-refractivity contribution in [3.8, 4) is 11.5 Å². The normalized spacial score (nSPS) is 15.9. The highest BCUT2D eigenvalue weighted by Crippen LogP contribution is 2.29. The van der Waals surface area contributed by atoms with Crippen molar-refractivity contribution >= 4 is 11.6 Å². The van der Waals surface area contributed by atoms with Gasteiger partial charge in [0.25, 0.3) is 0 Å². The Balaban J connectivity index is 1.91. The summed E-state index contributed by atoms with van der Waals surface area (Å²) in [5.41, 5.74) is 6.86. The van der Waals surface area contributed by atoms with Gasteiger partial charge >= 0.3 is 0 Å². The summed E-state index contributed by atoms with van der Waals surface area (Å²) in [7, 11) is 2.19. The maximum Gasteiger partial charge on any atom is 0.193 e. The molecule has 0 heterocycles. The predicted molar refractivity (Wildman–Crippen MR) is 108 cm³/mol. The Morgan fingerprint density at radius 2 is 1.92 bits per heavy atom. The van der Waals surface area contributed by atoms with Crippen molar-refractivity contribution in [1.29, 1.82) is 0 Å². The van der Waals surface area contributed by atoms with Crippen LogP contribution in [0.3, 0.4) is 0 Å². The van der Waals surface area contributed by atoms with Gasteiger partial charge in [0, 0.05) is 18.7 Å². The molecule has 0 spiro atoms. The summed E-state index contributed by atoms with van der Waals surface area (Å²) in [5.74, 6) is 1.92. The molecule has 2 rings (SSSR count). The van der Waals surface area contributed by atoms with Crippen LogP contribution < -0.4 is 20.5 Å². The van der Waals surface area contributed by atoms with Crippen LogP contribution in [0.4, 0.5) is 5.69 Å². The molecule has 0 saturated heterocycles. The van der Waals surface area contributed by atoms with E-state index in [1.165, 1.54) is 32.1 Å². The van der Waals surface area contributed by atoms with Gasteiger partial charge in [0.05, 0.1) is 25.4 Å². The van der Waals surface area contributed by atoms with Gasteiger partial charge in [0.1, 0.15) is 11.5 Å². The lowest BCUT2D eigenvalue weighted by Crippen LogP contribution is -2.35. The number of nitrogens with one attached hydrogen (secondary N) is 1. The van der Waals surface area contributed by atoms with Gasteiger partial charge in [0.15, 0.2) is 5.96 Å². The monoisotopic (exact) mass is 362 g/mol. The smallest absolute Gasteiger partial charge is 0.193 e. The summed E-state index contributed by atoms with van der Waals surface area (Å²) >= 11 is 0. The molecule has 1 aliphatic rings. The van der Waals surface area contributed by atoms with Gasteiger partial charge in [-0.2, -0.15) is 0 Å². The average molecular weight is 363 g/mol.